The van der Waals surface area contributed by atoms with Gasteiger partial charge in [0, 0.05) is 11.6 Å². The monoisotopic (exact) mass is 234 g/mol. The number of phenolic OH excluding ortho intramolecular Hbond substituents is 2. The number of benzene rings is 3. The highest BCUT2D eigenvalue weighted by Crippen LogP contribution is 2.51. The van der Waals surface area contributed by atoms with E-state index in [1.165, 1.54) is 6.07 Å². The zero-order valence-corrected chi connectivity index (χ0v) is 9.51. The summed E-state index contributed by atoms with van der Waals surface area (Å²) in [5.41, 5.74) is 3.83. The third-order valence-electron chi connectivity index (χ3n) is 3.57. The van der Waals surface area contributed by atoms with Gasteiger partial charge in [-0.05, 0) is 33.5 Å². The van der Waals surface area contributed by atoms with Gasteiger partial charge in [-0.25, -0.2) is 0 Å². The maximum atomic E-state index is 10.1. The Bertz CT molecular complexity index is 798. The van der Waals surface area contributed by atoms with Gasteiger partial charge in [-0.1, -0.05) is 36.4 Å². The molecule has 3 aromatic carbocycles. The molecule has 0 unspecified atom stereocenters. The molecular weight excluding hydrogens is 224 g/mol. The normalized spacial score (nSPS) is 11.8. The molecule has 0 amide bonds. The first kappa shape index (κ1) is 9.54. The quantitative estimate of drug-likeness (QED) is 0.484. The Balaban J connectivity index is 2.28. The molecule has 1 aliphatic rings. The molecule has 18 heavy (non-hydrogen) atoms. The van der Waals surface area contributed by atoms with Crippen LogP contribution in [0.25, 0.3) is 33.0 Å². The molecule has 0 aromatic heterocycles. The van der Waals surface area contributed by atoms with Crippen LogP contribution in [0, 0.1) is 0 Å². The molecule has 1 aliphatic carbocycles. The fraction of sp³-hybridized carbons (Fsp3) is 0. The van der Waals surface area contributed by atoms with Gasteiger partial charge < -0.3 is 10.2 Å². The summed E-state index contributed by atoms with van der Waals surface area (Å²) in [5.74, 6) is 0.227. The summed E-state index contributed by atoms with van der Waals surface area (Å²) >= 11 is 0. The Morgan fingerprint density at radius 1 is 0.722 bits per heavy atom. The van der Waals surface area contributed by atoms with Gasteiger partial charge in [-0.2, -0.15) is 0 Å². The van der Waals surface area contributed by atoms with Crippen molar-refractivity contribution in [3.63, 3.8) is 0 Å². The minimum Gasteiger partial charge on any atom is -0.508 e. The minimum atomic E-state index is 0.0936. The standard InChI is InChI=1S/C16H10O2/c17-10-7-13-11-5-1-3-9-4-2-6-12(15(9)11)16(13)14(18)8-10/h1-8,17-18H. The summed E-state index contributed by atoms with van der Waals surface area (Å²) in [6.07, 6.45) is 0. The number of fused-ring (bicyclic) bond motifs is 3. The van der Waals surface area contributed by atoms with Crippen molar-refractivity contribution in [1.29, 1.82) is 0 Å². The third-order valence-corrected chi connectivity index (χ3v) is 3.57. The van der Waals surface area contributed by atoms with Crippen molar-refractivity contribution < 1.29 is 10.2 Å². The summed E-state index contributed by atoms with van der Waals surface area (Å²) in [4.78, 5) is 0. The summed E-state index contributed by atoms with van der Waals surface area (Å²) in [5, 5.41) is 22.0. The maximum absolute atomic E-state index is 10.1. The predicted octanol–water partition coefficient (Wildman–Crippen LogP) is 3.90. The van der Waals surface area contributed by atoms with Crippen molar-refractivity contribution >= 4 is 10.8 Å². The highest BCUT2D eigenvalue weighted by molar-refractivity contribution is 6.16. The molecule has 0 saturated carbocycles. The Labute approximate surface area is 104 Å². The first-order valence-corrected chi connectivity index (χ1v) is 5.84. The smallest absolute Gasteiger partial charge is 0.127 e. The van der Waals surface area contributed by atoms with Crippen molar-refractivity contribution in [2.24, 2.45) is 0 Å². The molecule has 2 nitrogen and oxygen atoms in total. The zero-order valence-electron chi connectivity index (χ0n) is 9.51. The largest absolute Gasteiger partial charge is 0.508 e. The summed E-state index contributed by atoms with van der Waals surface area (Å²) in [7, 11) is 0. The lowest BCUT2D eigenvalue weighted by atomic mass is 10.0. The van der Waals surface area contributed by atoms with Crippen molar-refractivity contribution in [3.8, 4) is 33.8 Å². The molecule has 3 aromatic rings. The van der Waals surface area contributed by atoms with Crippen LogP contribution in [0.4, 0.5) is 0 Å². The molecule has 4 rings (SSSR count). The Kier molecular flexibility index (Phi) is 1.61. The van der Waals surface area contributed by atoms with Crippen LogP contribution < -0.4 is 0 Å². The second-order valence-electron chi connectivity index (χ2n) is 4.60. The van der Waals surface area contributed by atoms with Gasteiger partial charge in [0.15, 0.2) is 0 Å². The average Bonchev–Trinajstić information content (AvgIpc) is 2.67. The van der Waals surface area contributed by atoms with Crippen molar-refractivity contribution in [3.05, 3.63) is 48.5 Å². The van der Waals surface area contributed by atoms with Gasteiger partial charge in [0.2, 0.25) is 0 Å². The first-order chi connectivity index (χ1) is 8.75. The first-order valence-electron chi connectivity index (χ1n) is 5.84. The molecule has 0 spiro atoms. The van der Waals surface area contributed by atoms with E-state index in [0.717, 1.165) is 33.0 Å². The third kappa shape index (κ3) is 1.02. The van der Waals surface area contributed by atoms with E-state index >= 15 is 0 Å². The lowest BCUT2D eigenvalue weighted by molar-refractivity contribution is 0.452. The molecule has 2 heteroatoms. The summed E-state index contributed by atoms with van der Waals surface area (Å²) < 4.78 is 0. The van der Waals surface area contributed by atoms with E-state index in [9.17, 15) is 10.2 Å². The van der Waals surface area contributed by atoms with E-state index < -0.39 is 0 Å². The van der Waals surface area contributed by atoms with Gasteiger partial charge in [-0.3, -0.25) is 0 Å². The topological polar surface area (TPSA) is 40.5 Å². The number of phenols is 2. The lowest BCUT2D eigenvalue weighted by Gasteiger charge is -2.05. The number of hydrogen-bond donors (Lipinski definition) is 2. The van der Waals surface area contributed by atoms with Gasteiger partial charge in [-0.15, -0.1) is 0 Å². The fourth-order valence-electron chi connectivity index (χ4n) is 2.88. The van der Waals surface area contributed by atoms with E-state index in [-0.39, 0.29) is 11.5 Å². The maximum Gasteiger partial charge on any atom is 0.127 e. The SMILES string of the molecule is Oc1cc(O)c2c(c1)-c1cccc3cccc-2c13. The predicted molar refractivity (Wildman–Crippen MR) is 71.7 cm³/mol. The average molecular weight is 234 g/mol. The zero-order chi connectivity index (χ0) is 12.3. The highest BCUT2D eigenvalue weighted by atomic mass is 16.3. The molecule has 0 fully saturated rings. The van der Waals surface area contributed by atoms with Gasteiger partial charge in [0.1, 0.15) is 11.5 Å². The van der Waals surface area contributed by atoms with Crippen LogP contribution in [0.1, 0.15) is 0 Å². The van der Waals surface area contributed by atoms with E-state index in [4.69, 9.17) is 0 Å². The Morgan fingerprint density at radius 2 is 1.44 bits per heavy atom. The van der Waals surface area contributed by atoms with Gasteiger partial charge in [0.05, 0.1) is 0 Å². The molecule has 0 aliphatic heterocycles. The molecule has 86 valence electrons. The van der Waals surface area contributed by atoms with Crippen LogP contribution in [0.15, 0.2) is 48.5 Å². The molecular formula is C16H10O2. The molecule has 2 N–H and O–H groups in total. The van der Waals surface area contributed by atoms with Crippen LogP contribution in [-0.2, 0) is 0 Å². The number of rotatable bonds is 0. The summed E-state index contributed by atoms with van der Waals surface area (Å²) in [6.45, 7) is 0. The molecule has 0 bridgehead atoms. The van der Waals surface area contributed by atoms with Crippen molar-refractivity contribution in [2.45, 2.75) is 0 Å². The minimum absolute atomic E-state index is 0.0936. The van der Waals surface area contributed by atoms with E-state index in [1.54, 1.807) is 6.07 Å². The summed E-state index contributed by atoms with van der Waals surface area (Å²) in [6, 6.07) is 15.2. The van der Waals surface area contributed by atoms with E-state index in [0.29, 0.717) is 0 Å². The second-order valence-corrected chi connectivity index (χ2v) is 4.60. The van der Waals surface area contributed by atoms with Gasteiger partial charge in [0.25, 0.3) is 0 Å². The lowest BCUT2D eigenvalue weighted by Crippen LogP contribution is -1.78. The van der Waals surface area contributed by atoms with E-state index in [1.807, 2.05) is 24.3 Å². The van der Waals surface area contributed by atoms with Crippen LogP contribution in [0.5, 0.6) is 11.5 Å². The Hall–Kier alpha value is -2.48. The molecule has 0 saturated heterocycles. The molecule has 0 atom stereocenters. The van der Waals surface area contributed by atoms with Crippen LogP contribution in [0.3, 0.4) is 0 Å². The van der Waals surface area contributed by atoms with Crippen LogP contribution in [0.2, 0.25) is 0 Å². The molecule has 0 heterocycles. The van der Waals surface area contributed by atoms with Crippen LogP contribution >= 0.6 is 0 Å². The number of hydrogen-bond acceptors (Lipinski definition) is 2. The van der Waals surface area contributed by atoms with Crippen molar-refractivity contribution in [1.82, 2.24) is 0 Å². The highest BCUT2D eigenvalue weighted by Gasteiger charge is 2.24. The Morgan fingerprint density at radius 3 is 2.22 bits per heavy atom. The van der Waals surface area contributed by atoms with Gasteiger partial charge >= 0.3 is 0 Å². The fourth-order valence-corrected chi connectivity index (χ4v) is 2.88. The number of aromatic hydroxyl groups is 2. The van der Waals surface area contributed by atoms with Crippen LogP contribution in [-0.4, -0.2) is 10.2 Å². The molecule has 0 radical (unpaired) electrons. The van der Waals surface area contributed by atoms with E-state index in [2.05, 4.69) is 12.1 Å². The van der Waals surface area contributed by atoms with Crippen molar-refractivity contribution in [2.75, 3.05) is 0 Å². The second kappa shape index (κ2) is 3.05.